The molecule has 0 bridgehead atoms. The van der Waals surface area contributed by atoms with E-state index in [4.69, 9.17) is 56.8 Å². The minimum Gasteiger partial charge on any atom is -0.479 e. The number of carbonyl (C=O) groups is 3. The lowest BCUT2D eigenvalue weighted by molar-refractivity contribution is -0.375. The second kappa shape index (κ2) is 27.0. The lowest BCUT2D eigenvalue weighted by atomic mass is 9.33. The molecule has 536 valence electrons. The van der Waals surface area contributed by atoms with Gasteiger partial charge in [-0.3, -0.25) is 4.79 Å². The van der Waals surface area contributed by atoms with Gasteiger partial charge in [-0.05, 0) is 111 Å². The zero-order chi connectivity index (χ0) is 68.4. The molecule has 0 radical (unpaired) electrons. The SMILES string of the molecule is CC1OC(OC2C(OC(=O)C34CCC(C)(C)CC3C3=CCC5C6(C)CCC(OC7OC(C(=O)O)C(O)C(O)C7OC7OC(CO)C(O)C(O)C7O)C(C)(C=O)C6CCC5(C)C3(C)CC4)OCC(O)C2O)C(O)C(O)C1OC1OCC(O)C(OC2OCC(O)C(O)C2O)C1O. The summed E-state index contributed by atoms with van der Waals surface area (Å²) in [5.74, 6) is -3.00. The molecule has 0 aromatic rings. The Balaban J connectivity index is 0.791. The molecule has 36 atom stereocenters. The highest BCUT2D eigenvalue weighted by Crippen LogP contribution is 2.76. The number of aliphatic carboxylic acids is 1. The molecular formula is C63H98O31. The number of carboxylic acids is 1. The molecule has 6 saturated heterocycles. The Hall–Kier alpha value is -2.69. The van der Waals surface area contributed by atoms with E-state index >= 15 is 4.79 Å². The molecule has 0 aromatic carbocycles. The van der Waals surface area contributed by atoms with Crippen LogP contribution in [-0.4, -0.2) is 298 Å². The van der Waals surface area contributed by atoms with Crippen LogP contribution in [-0.2, 0) is 71.2 Å². The average Bonchev–Trinajstić information content (AvgIpc) is 0.674. The third kappa shape index (κ3) is 12.3. The van der Waals surface area contributed by atoms with Crippen molar-refractivity contribution in [1.29, 1.82) is 0 Å². The van der Waals surface area contributed by atoms with Crippen LogP contribution in [0, 0.1) is 50.2 Å². The van der Waals surface area contributed by atoms with Gasteiger partial charge in [0.2, 0.25) is 6.29 Å². The topological polar surface area (TPSA) is 486 Å². The van der Waals surface area contributed by atoms with Gasteiger partial charge in [-0.15, -0.1) is 0 Å². The molecule has 36 unspecified atom stereocenters. The van der Waals surface area contributed by atoms with E-state index in [2.05, 4.69) is 40.7 Å². The zero-order valence-corrected chi connectivity index (χ0v) is 53.7. The van der Waals surface area contributed by atoms with E-state index in [1.807, 2.05) is 0 Å². The first-order valence-corrected chi connectivity index (χ1v) is 32.9. The highest BCUT2D eigenvalue weighted by atomic mass is 16.8. The molecule has 11 rings (SSSR count). The first-order valence-electron chi connectivity index (χ1n) is 32.9. The Bertz CT molecular complexity index is 2730. The molecule has 0 amide bonds. The number of aldehydes is 1. The van der Waals surface area contributed by atoms with E-state index in [9.17, 15) is 91.3 Å². The Kier molecular flexibility index (Phi) is 20.8. The van der Waals surface area contributed by atoms with Crippen LogP contribution < -0.4 is 0 Å². The third-order valence-corrected chi connectivity index (χ3v) is 24.4. The minimum absolute atomic E-state index is 0.0356. The number of carbonyl (C=O) groups excluding carboxylic acids is 2. The number of carboxylic acid groups (broad SMARTS) is 1. The minimum atomic E-state index is -2.09. The lowest BCUT2D eigenvalue weighted by Gasteiger charge is -2.71. The summed E-state index contributed by atoms with van der Waals surface area (Å²) < 4.78 is 70.8. The van der Waals surface area contributed by atoms with Crippen molar-refractivity contribution in [3.63, 3.8) is 0 Å². The van der Waals surface area contributed by atoms with Gasteiger partial charge >= 0.3 is 11.9 Å². The summed E-state index contributed by atoms with van der Waals surface area (Å²) in [6.07, 6.45) is -39.4. The van der Waals surface area contributed by atoms with Gasteiger partial charge in [-0.1, -0.05) is 53.2 Å². The molecule has 10 fully saturated rings. The van der Waals surface area contributed by atoms with E-state index in [0.29, 0.717) is 57.8 Å². The molecule has 94 heavy (non-hydrogen) atoms. The number of rotatable bonds is 15. The third-order valence-electron chi connectivity index (χ3n) is 24.4. The van der Waals surface area contributed by atoms with E-state index < -0.39 is 237 Å². The quantitative estimate of drug-likeness (QED) is 0.0320. The number of aliphatic hydroxyl groups is 15. The van der Waals surface area contributed by atoms with Crippen molar-refractivity contribution in [3.8, 4) is 0 Å². The van der Waals surface area contributed by atoms with Crippen LogP contribution in [0.2, 0.25) is 0 Å². The molecule has 31 nitrogen and oxygen atoms in total. The number of fused-ring (bicyclic) bond motifs is 7. The van der Waals surface area contributed by atoms with Crippen molar-refractivity contribution >= 4 is 18.2 Å². The number of ether oxygens (including phenoxy) is 12. The molecule has 5 aliphatic carbocycles. The molecule has 0 spiro atoms. The molecule has 6 aliphatic heterocycles. The summed E-state index contributed by atoms with van der Waals surface area (Å²) in [6, 6.07) is 0. The van der Waals surface area contributed by atoms with Crippen LogP contribution in [0.5, 0.6) is 0 Å². The summed E-state index contributed by atoms with van der Waals surface area (Å²) in [5.41, 5.74) is -2.98. The Morgan fingerprint density at radius 3 is 1.77 bits per heavy atom. The molecule has 31 heteroatoms. The second-order valence-corrected chi connectivity index (χ2v) is 30.2. The van der Waals surface area contributed by atoms with Gasteiger partial charge in [0.1, 0.15) is 116 Å². The fourth-order valence-electron chi connectivity index (χ4n) is 18.5. The van der Waals surface area contributed by atoms with Crippen molar-refractivity contribution in [1.82, 2.24) is 0 Å². The highest BCUT2D eigenvalue weighted by molar-refractivity contribution is 5.79. The summed E-state index contributed by atoms with van der Waals surface area (Å²) in [5, 5.41) is 172. The lowest BCUT2D eigenvalue weighted by Crippen LogP contribution is -2.68. The molecule has 4 saturated carbocycles. The first-order chi connectivity index (χ1) is 44.1. The van der Waals surface area contributed by atoms with Crippen molar-refractivity contribution in [2.24, 2.45) is 50.2 Å². The average molecular weight is 1350 g/mol. The van der Waals surface area contributed by atoms with Gasteiger partial charge in [0.15, 0.2) is 43.7 Å². The molecular weight excluding hydrogens is 1250 g/mol. The van der Waals surface area contributed by atoms with Crippen LogP contribution in [0.15, 0.2) is 11.6 Å². The molecule has 16 N–H and O–H groups in total. The summed E-state index contributed by atoms with van der Waals surface area (Å²) >= 11 is 0. The number of allylic oxidation sites excluding steroid dienone is 2. The van der Waals surface area contributed by atoms with Crippen LogP contribution in [0.3, 0.4) is 0 Å². The Morgan fingerprint density at radius 2 is 1.11 bits per heavy atom. The van der Waals surface area contributed by atoms with Gasteiger partial charge in [0, 0.05) is 0 Å². The van der Waals surface area contributed by atoms with Crippen LogP contribution in [0.25, 0.3) is 0 Å². The maximum Gasteiger partial charge on any atom is 0.335 e. The van der Waals surface area contributed by atoms with E-state index in [1.165, 1.54) is 6.92 Å². The second-order valence-electron chi connectivity index (χ2n) is 30.2. The Labute approximate surface area is 542 Å². The maximum atomic E-state index is 15.5. The van der Waals surface area contributed by atoms with Crippen molar-refractivity contribution in [2.75, 3.05) is 26.4 Å². The van der Waals surface area contributed by atoms with Crippen LogP contribution >= 0.6 is 0 Å². The summed E-state index contributed by atoms with van der Waals surface area (Å²) in [7, 11) is 0. The number of esters is 1. The predicted octanol–water partition coefficient (Wildman–Crippen LogP) is -4.17. The maximum absolute atomic E-state index is 15.5. The van der Waals surface area contributed by atoms with Crippen LogP contribution in [0.4, 0.5) is 0 Å². The van der Waals surface area contributed by atoms with E-state index in [0.717, 1.165) is 11.9 Å². The summed E-state index contributed by atoms with van der Waals surface area (Å²) in [6.45, 7) is 12.1. The number of hydrogen-bond acceptors (Lipinski definition) is 30. The van der Waals surface area contributed by atoms with Crippen molar-refractivity contribution in [2.45, 2.75) is 285 Å². The molecule has 0 aromatic heterocycles. The smallest absolute Gasteiger partial charge is 0.335 e. The standard InChI is InChI=1S/C63H98O31/c1-24-45(89-52-44(79)46(29(68)22-84-52)90-51-41(76)34(69)27(66)20-83-51)40(75)43(78)53(86-24)92-48-35(70)28(67)21-85-55(48)94-57(82)63-16-14-58(2,3)18-26(63)25-8-9-32-59(4)12-11-33(60(5,23-65)31(59)10-13-62(32,7)61(25,6)15-17-63)88-56-49(39(74)38(73)47(91-56)50(80)81)93-54-42(77)37(72)36(71)30(19-64)87-54/h8,23-24,26-49,51-56,64,66-79H,9-22H2,1-7H3,(H,80,81). The monoisotopic (exact) mass is 1350 g/mol. The number of aliphatic hydroxyl groups excluding tert-OH is 15. The Morgan fingerprint density at radius 1 is 0.543 bits per heavy atom. The van der Waals surface area contributed by atoms with E-state index in [1.54, 1.807) is 6.92 Å². The van der Waals surface area contributed by atoms with Gasteiger partial charge in [0.05, 0.1) is 49.5 Å². The highest BCUT2D eigenvalue weighted by Gasteiger charge is 2.71. The molecule has 11 aliphatic rings. The fraction of sp³-hybridized carbons (Fsp3) is 0.921. The largest absolute Gasteiger partial charge is 0.479 e. The zero-order valence-electron chi connectivity index (χ0n) is 53.7. The van der Waals surface area contributed by atoms with Gasteiger partial charge in [-0.25, -0.2) is 4.79 Å². The van der Waals surface area contributed by atoms with Crippen molar-refractivity contribution in [3.05, 3.63) is 11.6 Å². The van der Waals surface area contributed by atoms with Gasteiger partial charge in [0.25, 0.3) is 0 Å². The van der Waals surface area contributed by atoms with Gasteiger partial charge in [-0.2, -0.15) is 0 Å². The fourth-order valence-corrected chi connectivity index (χ4v) is 18.5. The predicted molar refractivity (Wildman–Crippen MR) is 310 cm³/mol. The van der Waals surface area contributed by atoms with Crippen molar-refractivity contribution < 1.29 is 153 Å². The normalized spacial score (nSPS) is 54.4. The first kappa shape index (κ1) is 72.6. The van der Waals surface area contributed by atoms with E-state index in [-0.39, 0.29) is 29.6 Å². The number of hydrogen-bond donors (Lipinski definition) is 16. The van der Waals surface area contributed by atoms with Gasteiger partial charge < -0.3 is 143 Å². The van der Waals surface area contributed by atoms with Crippen LogP contribution in [0.1, 0.15) is 113 Å². The summed E-state index contributed by atoms with van der Waals surface area (Å²) in [4.78, 5) is 41.8. The molecule has 6 heterocycles.